The predicted molar refractivity (Wildman–Crippen MR) is 108 cm³/mol. The van der Waals surface area contributed by atoms with Crippen molar-refractivity contribution in [3.63, 3.8) is 0 Å². The Balaban J connectivity index is 1.34. The number of carbonyl (C=O) groups excluding carboxylic acids is 1. The average Bonchev–Trinajstić information content (AvgIpc) is 2.75. The molecule has 0 aliphatic carbocycles. The molecule has 6 heteroatoms. The van der Waals surface area contributed by atoms with Gasteiger partial charge in [-0.05, 0) is 61.7 Å². The van der Waals surface area contributed by atoms with Crippen LogP contribution in [0.1, 0.15) is 36.9 Å². The van der Waals surface area contributed by atoms with Gasteiger partial charge in [0.15, 0.2) is 11.5 Å². The Kier molecular flexibility index (Phi) is 6.00. The van der Waals surface area contributed by atoms with Gasteiger partial charge >= 0.3 is 0 Å². The van der Waals surface area contributed by atoms with Gasteiger partial charge in [0, 0.05) is 13.1 Å². The average molecular weight is 398 g/mol. The zero-order valence-corrected chi connectivity index (χ0v) is 16.7. The fourth-order valence-electron chi connectivity index (χ4n) is 4.01. The van der Waals surface area contributed by atoms with E-state index in [0.29, 0.717) is 13.2 Å². The molecule has 29 heavy (non-hydrogen) atoms. The molecule has 1 N–H and O–H groups in total. The van der Waals surface area contributed by atoms with E-state index < -0.39 is 0 Å². The first-order valence-corrected chi connectivity index (χ1v) is 10.3. The number of carbonyl (C=O) groups is 1. The standard InChI is InChI=1S/C23H27FN2O3/c1-16(18-6-9-21-22(13-18)29-12-11-28-21)25-23(27)19-3-2-10-26(15-19)14-17-4-7-20(24)8-5-17/h4-9,13,16,19H,2-3,10-12,14-15H2,1H3,(H,25,27)/t16-,19-/m1/s1. The Morgan fingerprint density at radius 2 is 1.93 bits per heavy atom. The number of hydrogen-bond donors (Lipinski definition) is 1. The number of halogens is 1. The van der Waals surface area contributed by atoms with E-state index in [2.05, 4.69) is 10.2 Å². The second-order valence-corrected chi connectivity index (χ2v) is 7.83. The second-order valence-electron chi connectivity index (χ2n) is 7.83. The SMILES string of the molecule is C[C@@H](NC(=O)[C@@H]1CCCN(Cc2ccc(F)cc2)C1)c1ccc2c(c1)OCCO2. The van der Waals surface area contributed by atoms with E-state index in [1.165, 1.54) is 12.1 Å². The first-order valence-electron chi connectivity index (χ1n) is 10.3. The Morgan fingerprint density at radius 3 is 2.72 bits per heavy atom. The number of nitrogens with one attached hydrogen (secondary N) is 1. The quantitative estimate of drug-likeness (QED) is 0.835. The lowest BCUT2D eigenvalue weighted by molar-refractivity contribution is -0.127. The summed E-state index contributed by atoms with van der Waals surface area (Å²) in [4.78, 5) is 15.1. The summed E-state index contributed by atoms with van der Waals surface area (Å²) in [5, 5.41) is 3.15. The lowest BCUT2D eigenvalue weighted by Gasteiger charge is -2.32. The minimum atomic E-state index is -0.224. The number of rotatable bonds is 5. The number of piperidine rings is 1. The third-order valence-corrected chi connectivity index (χ3v) is 5.62. The van der Waals surface area contributed by atoms with Crippen molar-refractivity contribution in [2.24, 2.45) is 5.92 Å². The molecule has 1 amide bonds. The highest BCUT2D eigenvalue weighted by Crippen LogP contribution is 2.32. The van der Waals surface area contributed by atoms with E-state index in [9.17, 15) is 9.18 Å². The van der Waals surface area contributed by atoms with Crippen LogP contribution < -0.4 is 14.8 Å². The molecule has 0 unspecified atom stereocenters. The molecule has 1 saturated heterocycles. The topological polar surface area (TPSA) is 50.8 Å². The van der Waals surface area contributed by atoms with E-state index in [4.69, 9.17) is 9.47 Å². The molecule has 154 valence electrons. The van der Waals surface area contributed by atoms with Gasteiger partial charge in [-0.1, -0.05) is 18.2 Å². The van der Waals surface area contributed by atoms with Crippen molar-refractivity contribution in [3.8, 4) is 11.5 Å². The summed E-state index contributed by atoms with van der Waals surface area (Å²) in [5.41, 5.74) is 2.07. The van der Waals surface area contributed by atoms with Crippen LogP contribution in [0, 0.1) is 11.7 Å². The third kappa shape index (κ3) is 4.88. The number of amides is 1. The molecule has 2 aromatic rings. The van der Waals surface area contributed by atoms with E-state index in [-0.39, 0.29) is 23.7 Å². The van der Waals surface area contributed by atoms with Gasteiger partial charge < -0.3 is 14.8 Å². The number of likely N-dealkylation sites (tertiary alicyclic amines) is 1. The van der Waals surface area contributed by atoms with Crippen LogP contribution in [0.2, 0.25) is 0 Å². The summed E-state index contributed by atoms with van der Waals surface area (Å²) >= 11 is 0. The molecule has 0 radical (unpaired) electrons. The fourth-order valence-corrected chi connectivity index (χ4v) is 4.01. The number of hydrogen-bond acceptors (Lipinski definition) is 4. The first kappa shape index (κ1) is 19.7. The first-order chi connectivity index (χ1) is 14.1. The van der Waals surface area contributed by atoms with Crippen molar-refractivity contribution in [2.45, 2.75) is 32.4 Å². The van der Waals surface area contributed by atoms with Crippen LogP contribution in [0.4, 0.5) is 4.39 Å². The molecule has 0 bridgehead atoms. The van der Waals surface area contributed by atoms with E-state index in [1.807, 2.05) is 37.3 Å². The lowest BCUT2D eigenvalue weighted by atomic mass is 9.96. The fraction of sp³-hybridized carbons (Fsp3) is 0.435. The van der Waals surface area contributed by atoms with Crippen LogP contribution in [-0.2, 0) is 11.3 Å². The Hall–Kier alpha value is -2.60. The van der Waals surface area contributed by atoms with Crippen LogP contribution in [0.25, 0.3) is 0 Å². The second kappa shape index (κ2) is 8.82. The normalized spacial score (nSPS) is 20.1. The molecule has 2 heterocycles. The number of nitrogens with zero attached hydrogens (tertiary/aromatic N) is 1. The van der Waals surface area contributed by atoms with Crippen molar-refractivity contribution in [1.29, 1.82) is 0 Å². The van der Waals surface area contributed by atoms with Gasteiger partial charge in [0.05, 0.1) is 12.0 Å². The maximum absolute atomic E-state index is 13.1. The number of ether oxygens (including phenoxy) is 2. The van der Waals surface area contributed by atoms with Crippen molar-refractivity contribution in [1.82, 2.24) is 10.2 Å². The largest absolute Gasteiger partial charge is 0.486 e. The smallest absolute Gasteiger partial charge is 0.224 e. The highest BCUT2D eigenvalue weighted by Gasteiger charge is 2.27. The van der Waals surface area contributed by atoms with E-state index in [1.54, 1.807) is 0 Å². The molecule has 2 aromatic carbocycles. The highest BCUT2D eigenvalue weighted by atomic mass is 19.1. The number of benzene rings is 2. The zero-order valence-electron chi connectivity index (χ0n) is 16.7. The molecule has 5 nitrogen and oxygen atoms in total. The molecular weight excluding hydrogens is 371 g/mol. The lowest BCUT2D eigenvalue weighted by Crippen LogP contribution is -2.43. The monoisotopic (exact) mass is 398 g/mol. The van der Waals surface area contributed by atoms with Gasteiger partial charge in [-0.25, -0.2) is 4.39 Å². The summed E-state index contributed by atoms with van der Waals surface area (Å²) in [6.07, 6.45) is 1.87. The highest BCUT2D eigenvalue weighted by molar-refractivity contribution is 5.79. The summed E-state index contributed by atoms with van der Waals surface area (Å²) in [6, 6.07) is 12.3. The van der Waals surface area contributed by atoms with Gasteiger partial charge in [-0.2, -0.15) is 0 Å². The molecule has 2 aliphatic rings. The van der Waals surface area contributed by atoms with Crippen LogP contribution in [0.5, 0.6) is 11.5 Å². The molecule has 4 rings (SSSR count). The number of fused-ring (bicyclic) bond motifs is 1. The molecule has 0 saturated carbocycles. The summed E-state index contributed by atoms with van der Waals surface area (Å²) < 4.78 is 24.3. The van der Waals surface area contributed by atoms with Crippen molar-refractivity contribution < 1.29 is 18.7 Å². The minimum Gasteiger partial charge on any atom is -0.486 e. The molecule has 0 spiro atoms. The summed E-state index contributed by atoms with van der Waals surface area (Å²) in [6.45, 7) is 5.51. The van der Waals surface area contributed by atoms with E-state index >= 15 is 0 Å². The van der Waals surface area contributed by atoms with Crippen molar-refractivity contribution >= 4 is 5.91 Å². The maximum atomic E-state index is 13.1. The minimum absolute atomic E-state index is 0.0381. The molecular formula is C23H27FN2O3. The van der Waals surface area contributed by atoms with Gasteiger partial charge in [0.1, 0.15) is 19.0 Å². The Labute approximate surface area is 170 Å². The van der Waals surface area contributed by atoms with Gasteiger partial charge in [-0.15, -0.1) is 0 Å². The Morgan fingerprint density at radius 1 is 1.17 bits per heavy atom. The van der Waals surface area contributed by atoms with Crippen LogP contribution in [0.15, 0.2) is 42.5 Å². The van der Waals surface area contributed by atoms with E-state index in [0.717, 1.165) is 55.1 Å². The van der Waals surface area contributed by atoms with Crippen LogP contribution >= 0.6 is 0 Å². The molecule has 0 aromatic heterocycles. The molecule has 2 aliphatic heterocycles. The van der Waals surface area contributed by atoms with Gasteiger partial charge in [0.2, 0.25) is 5.91 Å². The molecule has 1 fully saturated rings. The predicted octanol–water partition coefficient (Wildman–Crippen LogP) is 3.69. The summed E-state index contributed by atoms with van der Waals surface area (Å²) in [7, 11) is 0. The van der Waals surface area contributed by atoms with Gasteiger partial charge in [0.25, 0.3) is 0 Å². The zero-order chi connectivity index (χ0) is 20.2. The maximum Gasteiger partial charge on any atom is 0.224 e. The van der Waals surface area contributed by atoms with Crippen LogP contribution in [-0.4, -0.2) is 37.1 Å². The molecule has 2 atom stereocenters. The Bertz CT molecular complexity index is 856. The van der Waals surface area contributed by atoms with Crippen molar-refractivity contribution in [2.75, 3.05) is 26.3 Å². The summed E-state index contributed by atoms with van der Waals surface area (Å²) in [5.74, 6) is 1.30. The third-order valence-electron chi connectivity index (χ3n) is 5.62. The van der Waals surface area contributed by atoms with Gasteiger partial charge in [-0.3, -0.25) is 9.69 Å². The van der Waals surface area contributed by atoms with Crippen LogP contribution in [0.3, 0.4) is 0 Å². The van der Waals surface area contributed by atoms with Crippen molar-refractivity contribution in [3.05, 3.63) is 59.4 Å².